The number of isocyanates is 1. The van der Waals surface area contributed by atoms with E-state index in [-0.39, 0.29) is 12.0 Å². The highest BCUT2D eigenvalue weighted by Gasteiger charge is 2.25. The van der Waals surface area contributed by atoms with Crippen molar-refractivity contribution in [3.8, 4) is 0 Å². The summed E-state index contributed by atoms with van der Waals surface area (Å²) in [4.78, 5) is 34.6. The highest BCUT2D eigenvalue weighted by atomic mass is 16.4. The fourth-order valence-electron chi connectivity index (χ4n) is 0.791. The smallest absolute Gasteiger partial charge is 0.415 e. The maximum absolute atomic E-state index is 11.0. The van der Waals surface area contributed by atoms with Gasteiger partial charge in [-0.2, -0.15) is 0 Å². The molecule has 14 heavy (non-hydrogen) atoms. The minimum Gasteiger partial charge on any atom is -0.465 e. The summed E-state index contributed by atoms with van der Waals surface area (Å²) in [5.74, 6) is 0. The van der Waals surface area contributed by atoms with Crippen molar-refractivity contribution in [1.82, 2.24) is 4.90 Å². The summed E-state index contributed by atoms with van der Waals surface area (Å²) in [6, 6.07) is -1.11. The van der Waals surface area contributed by atoms with Crippen LogP contribution in [0.3, 0.4) is 0 Å². The molecule has 0 saturated carbocycles. The van der Waals surface area contributed by atoms with Crippen molar-refractivity contribution in [2.75, 3.05) is 6.54 Å². The van der Waals surface area contributed by atoms with Gasteiger partial charge in [-0.1, -0.05) is 20.8 Å². The van der Waals surface area contributed by atoms with Crippen LogP contribution >= 0.6 is 0 Å². The van der Waals surface area contributed by atoms with Crippen LogP contribution in [-0.2, 0) is 4.79 Å². The maximum Gasteiger partial charge on any atom is 0.415 e. The minimum absolute atomic E-state index is 0.0215. The Morgan fingerprint density at radius 3 is 2.21 bits per heavy atom. The van der Waals surface area contributed by atoms with Crippen molar-refractivity contribution in [2.24, 2.45) is 10.4 Å². The summed E-state index contributed by atoms with van der Waals surface area (Å²) in [7, 11) is 0. The van der Waals surface area contributed by atoms with Crippen LogP contribution in [0.4, 0.5) is 9.59 Å². The third-order valence-electron chi connectivity index (χ3n) is 1.24. The molecule has 0 bridgehead atoms. The van der Waals surface area contributed by atoms with Crippen molar-refractivity contribution in [3.63, 3.8) is 0 Å². The molecule has 78 valence electrons. The molecule has 0 aliphatic carbocycles. The number of aliphatic imine (C=N–C) groups is 1. The Bertz CT molecular complexity index is 286. The van der Waals surface area contributed by atoms with E-state index in [1.54, 1.807) is 20.8 Å². The Morgan fingerprint density at radius 1 is 1.43 bits per heavy atom. The first-order chi connectivity index (χ1) is 6.28. The quantitative estimate of drug-likeness (QED) is 0.512. The molecule has 0 aliphatic heterocycles. The van der Waals surface area contributed by atoms with Crippen LogP contribution in [0.15, 0.2) is 4.99 Å². The number of rotatable bonds is 1. The molecule has 0 atom stereocenters. The Kier molecular flexibility index (Phi) is 3.98. The summed E-state index contributed by atoms with van der Waals surface area (Å²) in [6.07, 6.45) is -0.418. The normalized spacial score (nSPS) is 10.2. The molecule has 0 aromatic rings. The Morgan fingerprint density at radius 2 is 1.93 bits per heavy atom. The van der Waals surface area contributed by atoms with Gasteiger partial charge in [-0.15, -0.1) is 4.99 Å². The number of carbonyl (C=O) groups excluding carboxylic acids is 2. The van der Waals surface area contributed by atoms with Crippen molar-refractivity contribution in [2.45, 2.75) is 20.8 Å². The summed E-state index contributed by atoms with van der Waals surface area (Å²) in [5, 5.41) is 8.65. The zero-order chi connectivity index (χ0) is 11.4. The van der Waals surface area contributed by atoms with E-state index in [0.717, 1.165) is 6.08 Å². The van der Waals surface area contributed by atoms with Crippen molar-refractivity contribution >= 4 is 18.2 Å². The molecule has 6 nitrogen and oxygen atoms in total. The highest BCUT2D eigenvalue weighted by molar-refractivity contribution is 5.92. The zero-order valence-electron chi connectivity index (χ0n) is 8.27. The summed E-state index contributed by atoms with van der Waals surface area (Å²) in [6.45, 7) is 5.27. The van der Waals surface area contributed by atoms with Gasteiger partial charge < -0.3 is 5.11 Å². The molecule has 6 heteroatoms. The van der Waals surface area contributed by atoms with Crippen LogP contribution in [0.25, 0.3) is 0 Å². The van der Waals surface area contributed by atoms with E-state index in [1.807, 2.05) is 0 Å². The van der Waals surface area contributed by atoms with Gasteiger partial charge in [0.25, 0.3) is 0 Å². The number of imide groups is 1. The van der Waals surface area contributed by atoms with Gasteiger partial charge in [-0.05, 0) is 5.41 Å². The fourth-order valence-corrected chi connectivity index (χ4v) is 0.791. The average Bonchev–Trinajstić information content (AvgIpc) is 1.98. The highest BCUT2D eigenvalue weighted by Crippen LogP contribution is 2.15. The molecule has 0 aromatic heterocycles. The Labute approximate surface area is 81.2 Å². The molecule has 0 heterocycles. The molecule has 1 N–H and O–H groups in total. The third-order valence-corrected chi connectivity index (χ3v) is 1.24. The van der Waals surface area contributed by atoms with Crippen LogP contribution in [0.5, 0.6) is 0 Å². The standard InChI is InChI=1S/C8H12N2O4/c1-8(2,3)4-10(7(13)14)6(12)9-5-11/h4H2,1-3H3,(H,13,14). The van der Waals surface area contributed by atoms with Crippen molar-refractivity contribution in [3.05, 3.63) is 0 Å². The molecular formula is C8H12N2O4. The Balaban J connectivity index is 4.70. The molecule has 0 radical (unpaired) electrons. The van der Waals surface area contributed by atoms with Gasteiger partial charge in [0.2, 0.25) is 6.08 Å². The monoisotopic (exact) mass is 200 g/mol. The lowest BCUT2D eigenvalue weighted by Crippen LogP contribution is -2.39. The third kappa shape index (κ3) is 4.37. The zero-order valence-corrected chi connectivity index (χ0v) is 8.27. The van der Waals surface area contributed by atoms with Crippen LogP contribution in [0.2, 0.25) is 0 Å². The molecule has 0 saturated heterocycles. The van der Waals surface area contributed by atoms with Gasteiger partial charge in [0.15, 0.2) is 0 Å². The molecule has 0 rings (SSSR count). The van der Waals surface area contributed by atoms with E-state index in [9.17, 15) is 14.4 Å². The predicted octanol–water partition coefficient (Wildman–Crippen LogP) is 1.47. The number of carbonyl (C=O) groups is 2. The number of amides is 3. The molecule has 0 aliphatic rings. The average molecular weight is 200 g/mol. The van der Waals surface area contributed by atoms with Crippen molar-refractivity contribution < 1.29 is 19.5 Å². The van der Waals surface area contributed by atoms with Crippen LogP contribution in [0.1, 0.15) is 20.8 Å². The number of hydrogen-bond acceptors (Lipinski definition) is 3. The van der Waals surface area contributed by atoms with Gasteiger partial charge in [0.1, 0.15) is 0 Å². The number of hydrogen-bond donors (Lipinski definition) is 1. The Hall–Kier alpha value is -1.68. The van der Waals surface area contributed by atoms with Gasteiger partial charge in [-0.25, -0.2) is 19.3 Å². The second-order valence-corrected chi connectivity index (χ2v) is 3.92. The summed E-state index contributed by atoms with van der Waals surface area (Å²) < 4.78 is 0. The van der Waals surface area contributed by atoms with Gasteiger partial charge in [0, 0.05) is 6.54 Å². The lowest BCUT2D eigenvalue weighted by Gasteiger charge is -2.24. The fraction of sp³-hybridized carbons (Fsp3) is 0.625. The molecule has 0 unspecified atom stereocenters. The number of urea groups is 1. The van der Waals surface area contributed by atoms with Gasteiger partial charge in [-0.3, -0.25) is 0 Å². The first-order valence-corrected chi connectivity index (χ1v) is 3.90. The molecule has 0 spiro atoms. The number of nitrogens with zero attached hydrogens (tertiary/aromatic N) is 2. The van der Waals surface area contributed by atoms with E-state index < -0.39 is 12.1 Å². The van der Waals surface area contributed by atoms with E-state index in [4.69, 9.17) is 5.11 Å². The summed E-state index contributed by atoms with van der Waals surface area (Å²) >= 11 is 0. The van der Waals surface area contributed by atoms with Crippen LogP contribution in [0, 0.1) is 5.41 Å². The second-order valence-electron chi connectivity index (χ2n) is 3.92. The molecule has 3 amide bonds. The first kappa shape index (κ1) is 12.3. The van der Waals surface area contributed by atoms with E-state index in [0.29, 0.717) is 4.90 Å². The first-order valence-electron chi connectivity index (χ1n) is 3.90. The molecular weight excluding hydrogens is 188 g/mol. The van der Waals surface area contributed by atoms with Crippen LogP contribution < -0.4 is 0 Å². The lowest BCUT2D eigenvalue weighted by atomic mass is 9.96. The second kappa shape index (κ2) is 4.53. The number of carboxylic acid groups (broad SMARTS) is 1. The van der Waals surface area contributed by atoms with Gasteiger partial charge in [0.05, 0.1) is 0 Å². The van der Waals surface area contributed by atoms with E-state index in [1.165, 1.54) is 0 Å². The van der Waals surface area contributed by atoms with E-state index in [2.05, 4.69) is 4.99 Å². The molecule has 0 aromatic carbocycles. The largest absolute Gasteiger partial charge is 0.465 e. The van der Waals surface area contributed by atoms with Gasteiger partial charge >= 0.3 is 12.1 Å². The topological polar surface area (TPSA) is 87.0 Å². The van der Waals surface area contributed by atoms with Crippen molar-refractivity contribution in [1.29, 1.82) is 0 Å². The lowest BCUT2D eigenvalue weighted by molar-refractivity contribution is 0.136. The predicted molar refractivity (Wildman–Crippen MR) is 47.7 cm³/mol. The van der Waals surface area contributed by atoms with E-state index >= 15 is 0 Å². The molecule has 0 fully saturated rings. The maximum atomic E-state index is 11.0. The van der Waals surface area contributed by atoms with Crippen LogP contribution in [-0.4, -0.2) is 34.8 Å². The SMILES string of the molecule is CC(C)(C)CN(C(=O)O)C(=O)N=C=O. The summed E-state index contributed by atoms with van der Waals surface area (Å²) in [5.41, 5.74) is -0.382. The minimum atomic E-state index is -1.43.